The molecule has 0 bridgehead atoms. The van der Waals surface area contributed by atoms with E-state index in [-0.39, 0.29) is 13.2 Å². The first kappa shape index (κ1) is 31.9. The second kappa shape index (κ2) is 34.5. The lowest BCUT2D eigenvalue weighted by molar-refractivity contribution is -0.249. The molecule has 6 N–H and O–H groups in total. The van der Waals surface area contributed by atoms with Crippen LogP contribution >= 0.6 is 0 Å². The second-order valence-electron chi connectivity index (χ2n) is 3.44. The summed E-state index contributed by atoms with van der Waals surface area (Å²) in [7, 11) is 3.21. The van der Waals surface area contributed by atoms with Crippen LogP contribution in [0.5, 0.6) is 0 Å². The Hall–Kier alpha value is -1.78. The molecule has 0 aliphatic carbocycles. The highest BCUT2D eigenvalue weighted by Crippen LogP contribution is 1.76. The Bertz CT molecular complexity index is 216. The lowest BCUT2D eigenvalue weighted by Crippen LogP contribution is -2.06. The van der Waals surface area contributed by atoms with Crippen LogP contribution in [0.15, 0.2) is 0 Å². The van der Waals surface area contributed by atoms with Crippen LogP contribution < -0.4 is 0 Å². The number of rotatable bonds is 12. The first-order valence-corrected chi connectivity index (χ1v) is 6.79. The summed E-state index contributed by atoms with van der Waals surface area (Å²) in [6.45, 7) is 3.46. The zero-order valence-electron chi connectivity index (χ0n) is 14.6. The third-order valence-electron chi connectivity index (χ3n) is 1.50. The molecule has 0 aromatic carbocycles. The van der Waals surface area contributed by atoms with Gasteiger partial charge in [-0.3, -0.25) is 10.5 Å². The third-order valence-corrected chi connectivity index (χ3v) is 1.50. The lowest BCUT2D eigenvalue weighted by atomic mass is 10.7. The summed E-state index contributed by atoms with van der Waals surface area (Å²) in [5.74, 6) is 0. The van der Waals surface area contributed by atoms with E-state index >= 15 is 0 Å². The van der Waals surface area contributed by atoms with Gasteiger partial charge in [-0.05, 0) is 0 Å². The van der Waals surface area contributed by atoms with Crippen molar-refractivity contribution in [2.24, 2.45) is 0 Å². The van der Waals surface area contributed by atoms with E-state index in [0.717, 1.165) is 0 Å². The number of hydrogen-bond donors (Lipinski definition) is 6. The fourth-order valence-corrected chi connectivity index (χ4v) is 0.681. The molecule has 0 saturated carbocycles. The molecule has 0 aromatic rings. The average molecular weight is 396 g/mol. The Balaban J connectivity index is -0.000000134. The number of methoxy groups -OCH3 is 2. The van der Waals surface area contributed by atoms with Crippen LogP contribution in [0.3, 0.4) is 0 Å². The molecule has 14 heteroatoms. The maximum absolute atomic E-state index is 8.56. The molecule has 0 aliphatic rings. The molecule has 0 unspecified atom stereocenters. The topological polar surface area (TPSA) is 211 Å². The smallest absolute Gasteiger partial charge is 0.450 e. The minimum Gasteiger partial charge on any atom is -0.450 e. The molecule has 0 aromatic heterocycles. The number of ether oxygens (including phenoxy) is 4. The normalized spacial score (nSPS) is 8.77. The summed E-state index contributed by atoms with van der Waals surface area (Å²) in [6, 6.07) is 0. The number of carboxylic acid groups (broad SMARTS) is 4. The largest absolute Gasteiger partial charge is 0.503 e. The molecule has 160 valence electrons. The van der Waals surface area contributed by atoms with E-state index in [1.54, 1.807) is 14.2 Å². The van der Waals surface area contributed by atoms with Crippen molar-refractivity contribution in [1.82, 2.24) is 0 Å². The van der Waals surface area contributed by atoms with Gasteiger partial charge in [-0.1, -0.05) is 0 Å². The van der Waals surface area contributed by atoms with Crippen LogP contribution in [0.1, 0.15) is 0 Å². The summed E-state index contributed by atoms with van der Waals surface area (Å²) in [6.07, 6.45) is -3.67. The van der Waals surface area contributed by atoms with Crippen molar-refractivity contribution in [3.63, 3.8) is 0 Å². The van der Waals surface area contributed by atoms with Gasteiger partial charge < -0.3 is 39.4 Å². The van der Waals surface area contributed by atoms with Crippen LogP contribution in [-0.4, -0.2) is 110 Å². The van der Waals surface area contributed by atoms with Crippen molar-refractivity contribution in [3.8, 4) is 0 Å². The summed E-state index contributed by atoms with van der Waals surface area (Å²) in [5.41, 5.74) is 0. The van der Waals surface area contributed by atoms with Crippen LogP contribution in [0.2, 0.25) is 0 Å². The van der Waals surface area contributed by atoms with Gasteiger partial charge in [0.05, 0.1) is 39.6 Å². The van der Waals surface area contributed by atoms with E-state index in [9.17, 15) is 0 Å². The standard InChI is InChI=1S/2C5H12O4.2CH2O3/c2*1-7-2-3-8-4-5-9-6;2*2-1(3)4/h2*6H,2-5H2,1H3;2*(H2,2,3,4). The molecule has 0 aliphatic heterocycles. The molecule has 0 atom stereocenters. The summed E-state index contributed by atoms with van der Waals surface area (Å²) < 4.78 is 19.2. The monoisotopic (exact) mass is 396 g/mol. The Kier molecular flexibility index (Phi) is 42.4. The first-order chi connectivity index (χ1) is 12.3. The predicted octanol–water partition coefficient (Wildman–Crippen LogP) is 0.723. The lowest BCUT2D eigenvalue weighted by Gasteiger charge is -1.99. The molecule has 26 heavy (non-hydrogen) atoms. The predicted molar refractivity (Wildman–Crippen MR) is 83.9 cm³/mol. The quantitative estimate of drug-likeness (QED) is 0.152. The van der Waals surface area contributed by atoms with Gasteiger partial charge >= 0.3 is 12.3 Å². The van der Waals surface area contributed by atoms with Gasteiger partial charge in [-0.25, -0.2) is 19.4 Å². The molecule has 0 radical (unpaired) electrons. The molecule has 0 saturated heterocycles. The molecule has 14 nitrogen and oxygen atoms in total. The fourth-order valence-electron chi connectivity index (χ4n) is 0.681. The van der Waals surface area contributed by atoms with E-state index in [1.165, 1.54) is 0 Å². The van der Waals surface area contributed by atoms with E-state index in [2.05, 4.69) is 9.78 Å². The minimum atomic E-state index is -1.83. The van der Waals surface area contributed by atoms with Crippen molar-refractivity contribution in [2.45, 2.75) is 0 Å². The summed E-state index contributed by atoms with van der Waals surface area (Å²) >= 11 is 0. The van der Waals surface area contributed by atoms with Crippen molar-refractivity contribution in [3.05, 3.63) is 0 Å². The SMILES string of the molecule is COCCOCCOO.COCCOCCOO.O=C(O)O.O=C(O)O. The zero-order valence-corrected chi connectivity index (χ0v) is 14.6. The molecule has 0 heterocycles. The van der Waals surface area contributed by atoms with E-state index in [1.807, 2.05) is 0 Å². The maximum atomic E-state index is 8.56. The highest BCUT2D eigenvalue weighted by molar-refractivity contribution is 5.53. The summed E-state index contributed by atoms with van der Waals surface area (Å²) in [5, 5.41) is 43.5. The van der Waals surface area contributed by atoms with E-state index < -0.39 is 12.3 Å². The number of carbonyl (C=O) groups is 2. The van der Waals surface area contributed by atoms with Crippen molar-refractivity contribution >= 4 is 12.3 Å². The molecular formula is C12H28O14. The van der Waals surface area contributed by atoms with E-state index in [0.29, 0.717) is 39.6 Å². The number of hydrogen-bond acceptors (Lipinski definition) is 10. The van der Waals surface area contributed by atoms with Crippen molar-refractivity contribution in [2.75, 3.05) is 67.1 Å². The van der Waals surface area contributed by atoms with Gasteiger partial charge in [0.25, 0.3) is 0 Å². The Morgan fingerprint density at radius 3 is 1.00 bits per heavy atom. The van der Waals surface area contributed by atoms with Crippen LogP contribution in [-0.2, 0) is 28.7 Å². The molecule has 0 rings (SSSR count). The van der Waals surface area contributed by atoms with Crippen LogP contribution in [0.25, 0.3) is 0 Å². The van der Waals surface area contributed by atoms with Gasteiger partial charge in [0.1, 0.15) is 13.2 Å². The fraction of sp³-hybridized carbons (Fsp3) is 0.833. The van der Waals surface area contributed by atoms with Gasteiger partial charge in [-0.15, -0.1) is 0 Å². The van der Waals surface area contributed by atoms with Crippen molar-refractivity contribution in [1.29, 1.82) is 0 Å². The minimum absolute atomic E-state index is 0.212. The molecular weight excluding hydrogens is 368 g/mol. The second-order valence-corrected chi connectivity index (χ2v) is 3.44. The average Bonchev–Trinajstić information content (AvgIpc) is 2.54. The molecule has 0 amide bonds. The van der Waals surface area contributed by atoms with Gasteiger partial charge in [0.2, 0.25) is 0 Å². The highest BCUT2D eigenvalue weighted by atomic mass is 17.1. The van der Waals surface area contributed by atoms with Gasteiger partial charge in [-0.2, -0.15) is 0 Å². The Morgan fingerprint density at radius 1 is 0.577 bits per heavy atom. The maximum Gasteiger partial charge on any atom is 0.503 e. The van der Waals surface area contributed by atoms with E-state index in [4.69, 9.17) is 59.5 Å². The Labute approximate surface area is 149 Å². The van der Waals surface area contributed by atoms with Gasteiger partial charge in [0.15, 0.2) is 0 Å². The Morgan fingerprint density at radius 2 is 0.808 bits per heavy atom. The van der Waals surface area contributed by atoms with Crippen LogP contribution in [0, 0.1) is 0 Å². The molecule has 0 fully saturated rings. The first-order valence-electron chi connectivity index (χ1n) is 6.79. The van der Waals surface area contributed by atoms with Gasteiger partial charge in [0, 0.05) is 14.2 Å². The van der Waals surface area contributed by atoms with Crippen LogP contribution in [0.4, 0.5) is 9.59 Å². The zero-order chi connectivity index (χ0) is 21.1. The third kappa shape index (κ3) is 95.8. The van der Waals surface area contributed by atoms with Crippen molar-refractivity contribution < 1.29 is 69.3 Å². The summed E-state index contributed by atoms with van der Waals surface area (Å²) in [4.78, 5) is 24.6. The highest BCUT2D eigenvalue weighted by Gasteiger charge is 1.86. The molecule has 0 spiro atoms.